The van der Waals surface area contributed by atoms with Crippen molar-refractivity contribution in [2.45, 2.75) is 19.5 Å². The second kappa shape index (κ2) is 6.05. The molecule has 21 heavy (non-hydrogen) atoms. The van der Waals surface area contributed by atoms with Crippen LogP contribution < -0.4 is 4.90 Å². The number of alkyl halides is 3. The first-order valence-corrected chi connectivity index (χ1v) is 7.22. The number of rotatable bonds is 3. The van der Waals surface area contributed by atoms with E-state index in [1.165, 1.54) is 18.0 Å². The van der Waals surface area contributed by atoms with Gasteiger partial charge in [-0.3, -0.25) is 14.6 Å². The fraction of sp³-hybridized carbons (Fsp3) is 0.462. The molecule has 1 atom stereocenters. The number of halogens is 3. The van der Waals surface area contributed by atoms with Gasteiger partial charge >= 0.3 is 6.18 Å². The summed E-state index contributed by atoms with van der Waals surface area (Å²) in [7, 11) is 0. The van der Waals surface area contributed by atoms with E-state index in [2.05, 4.69) is 4.98 Å². The minimum absolute atomic E-state index is 0.0402. The molecule has 1 fully saturated rings. The van der Waals surface area contributed by atoms with Gasteiger partial charge in [-0.25, -0.2) is 0 Å². The molecule has 0 radical (unpaired) electrons. The van der Waals surface area contributed by atoms with E-state index in [1.807, 2.05) is 0 Å². The van der Waals surface area contributed by atoms with E-state index >= 15 is 0 Å². The molecule has 2 rings (SSSR count). The lowest BCUT2D eigenvalue weighted by Crippen LogP contribution is -2.25. The van der Waals surface area contributed by atoms with Crippen LogP contribution in [-0.2, 0) is 15.8 Å². The number of anilines is 1. The molecule has 114 valence electrons. The molecule has 0 bridgehead atoms. The molecule has 0 N–H and O–H groups in total. The first-order valence-electron chi connectivity index (χ1n) is 6.23. The molecule has 1 aliphatic heterocycles. The number of pyridine rings is 1. The molecule has 1 aromatic heterocycles. The summed E-state index contributed by atoms with van der Waals surface area (Å²) in [5, 5.41) is -0.0402. The summed E-state index contributed by atoms with van der Waals surface area (Å²) in [6.07, 6.45) is -2.28. The highest BCUT2D eigenvalue weighted by Gasteiger charge is 2.34. The fourth-order valence-corrected chi connectivity index (χ4v) is 2.80. The van der Waals surface area contributed by atoms with Crippen LogP contribution in [0.15, 0.2) is 18.5 Å². The third-order valence-corrected chi connectivity index (χ3v) is 4.13. The fourth-order valence-electron chi connectivity index (χ4n) is 2.11. The average molecular weight is 318 g/mol. The van der Waals surface area contributed by atoms with Crippen molar-refractivity contribution in [3.8, 4) is 0 Å². The Labute approximate surface area is 123 Å². The quantitative estimate of drug-likeness (QED) is 0.860. The molecule has 1 aliphatic rings. The predicted octanol–water partition coefficient (Wildman–Crippen LogP) is 2.73. The summed E-state index contributed by atoms with van der Waals surface area (Å²) in [4.78, 5) is 27.7. The van der Waals surface area contributed by atoms with Crippen molar-refractivity contribution < 1.29 is 22.8 Å². The molecule has 0 spiro atoms. The number of aromatic nitrogens is 1. The molecule has 1 unspecified atom stereocenters. The number of amides is 1. The lowest BCUT2D eigenvalue weighted by molar-refractivity contribution is -0.137. The van der Waals surface area contributed by atoms with Crippen LogP contribution in [0.3, 0.4) is 0 Å². The van der Waals surface area contributed by atoms with Gasteiger partial charge in [0.1, 0.15) is 0 Å². The molecule has 2 heterocycles. The SMILES string of the molecule is CC(=O)SCC1CC(=O)N(c2cncc(C(F)(F)F)c2)C1. The van der Waals surface area contributed by atoms with E-state index in [-0.39, 0.29) is 29.0 Å². The van der Waals surface area contributed by atoms with Gasteiger partial charge in [0.15, 0.2) is 5.12 Å². The Morgan fingerprint density at radius 2 is 2.19 bits per heavy atom. The van der Waals surface area contributed by atoms with Gasteiger partial charge in [-0.15, -0.1) is 0 Å². The monoisotopic (exact) mass is 318 g/mol. The van der Waals surface area contributed by atoms with Crippen molar-refractivity contribution in [3.05, 3.63) is 24.0 Å². The average Bonchev–Trinajstić information content (AvgIpc) is 2.77. The van der Waals surface area contributed by atoms with E-state index in [0.29, 0.717) is 12.3 Å². The molecule has 0 saturated carbocycles. The van der Waals surface area contributed by atoms with Crippen LogP contribution in [0.2, 0.25) is 0 Å². The maximum Gasteiger partial charge on any atom is 0.417 e. The number of hydrogen-bond donors (Lipinski definition) is 0. The standard InChI is InChI=1S/C13H13F3N2O2S/c1-8(19)21-7-9-2-12(20)18(6-9)11-3-10(4-17-5-11)13(14,15)16/h3-5,9H,2,6-7H2,1H3. The van der Waals surface area contributed by atoms with Crippen molar-refractivity contribution in [3.63, 3.8) is 0 Å². The number of hydrogen-bond acceptors (Lipinski definition) is 4. The third kappa shape index (κ3) is 3.96. The van der Waals surface area contributed by atoms with Crippen LogP contribution in [0.1, 0.15) is 18.9 Å². The first kappa shape index (κ1) is 15.8. The van der Waals surface area contributed by atoms with Gasteiger partial charge in [0.2, 0.25) is 5.91 Å². The Morgan fingerprint density at radius 3 is 2.81 bits per heavy atom. The molecule has 0 aromatic carbocycles. The zero-order valence-corrected chi connectivity index (χ0v) is 12.0. The Bertz CT molecular complexity index is 563. The van der Waals surface area contributed by atoms with Crippen molar-refractivity contribution in [1.29, 1.82) is 0 Å². The highest BCUT2D eigenvalue weighted by atomic mass is 32.2. The molecule has 1 saturated heterocycles. The number of nitrogens with zero attached hydrogens (tertiary/aromatic N) is 2. The van der Waals surface area contributed by atoms with Gasteiger partial charge in [0.25, 0.3) is 0 Å². The highest BCUT2D eigenvalue weighted by Crippen LogP contribution is 2.33. The van der Waals surface area contributed by atoms with Crippen LogP contribution >= 0.6 is 11.8 Å². The van der Waals surface area contributed by atoms with Crippen molar-refractivity contribution in [1.82, 2.24) is 4.98 Å². The maximum atomic E-state index is 12.7. The van der Waals surface area contributed by atoms with Crippen LogP contribution in [-0.4, -0.2) is 28.3 Å². The van der Waals surface area contributed by atoms with Crippen molar-refractivity contribution in [2.75, 3.05) is 17.2 Å². The van der Waals surface area contributed by atoms with Gasteiger partial charge in [-0.2, -0.15) is 13.2 Å². The molecular weight excluding hydrogens is 305 g/mol. The zero-order chi connectivity index (χ0) is 15.6. The van der Waals surface area contributed by atoms with Crippen LogP contribution in [0.5, 0.6) is 0 Å². The normalized spacial score (nSPS) is 19.1. The van der Waals surface area contributed by atoms with Gasteiger partial charge in [-0.1, -0.05) is 11.8 Å². The van der Waals surface area contributed by atoms with E-state index in [1.54, 1.807) is 0 Å². The summed E-state index contributed by atoms with van der Waals surface area (Å²) < 4.78 is 38.0. The molecule has 8 heteroatoms. The van der Waals surface area contributed by atoms with Gasteiger partial charge in [0, 0.05) is 31.8 Å². The Kier molecular flexibility index (Phi) is 4.55. The van der Waals surface area contributed by atoms with E-state index in [9.17, 15) is 22.8 Å². The van der Waals surface area contributed by atoms with E-state index < -0.39 is 11.7 Å². The van der Waals surface area contributed by atoms with Crippen molar-refractivity contribution in [2.24, 2.45) is 5.92 Å². The maximum absolute atomic E-state index is 12.7. The third-order valence-electron chi connectivity index (χ3n) is 3.09. The molecule has 0 aliphatic carbocycles. The van der Waals surface area contributed by atoms with E-state index in [4.69, 9.17) is 0 Å². The summed E-state index contributed by atoms with van der Waals surface area (Å²) in [5.74, 6) is 0.204. The van der Waals surface area contributed by atoms with Crippen LogP contribution in [0.4, 0.5) is 18.9 Å². The highest BCUT2D eigenvalue weighted by molar-refractivity contribution is 8.13. The minimum Gasteiger partial charge on any atom is -0.311 e. The largest absolute Gasteiger partial charge is 0.417 e. The molecule has 4 nitrogen and oxygen atoms in total. The van der Waals surface area contributed by atoms with Gasteiger partial charge in [-0.05, 0) is 12.0 Å². The van der Waals surface area contributed by atoms with Crippen LogP contribution in [0.25, 0.3) is 0 Å². The Balaban J connectivity index is 2.12. The smallest absolute Gasteiger partial charge is 0.311 e. The summed E-state index contributed by atoms with van der Waals surface area (Å²) in [6, 6.07) is 0.922. The second-order valence-electron chi connectivity index (χ2n) is 4.81. The Morgan fingerprint density at radius 1 is 1.48 bits per heavy atom. The topological polar surface area (TPSA) is 50.3 Å². The number of carbonyl (C=O) groups is 2. The summed E-state index contributed by atoms with van der Waals surface area (Å²) in [6.45, 7) is 1.75. The van der Waals surface area contributed by atoms with Crippen molar-refractivity contribution >= 4 is 28.5 Å². The minimum atomic E-state index is -4.49. The Hall–Kier alpha value is -1.57. The lowest BCUT2D eigenvalue weighted by atomic mass is 10.1. The summed E-state index contributed by atoms with van der Waals surface area (Å²) in [5.41, 5.74) is -0.737. The summed E-state index contributed by atoms with van der Waals surface area (Å²) >= 11 is 1.12. The zero-order valence-electron chi connectivity index (χ0n) is 11.2. The molecular formula is C13H13F3N2O2S. The van der Waals surface area contributed by atoms with E-state index in [0.717, 1.165) is 24.0 Å². The lowest BCUT2D eigenvalue weighted by Gasteiger charge is -2.17. The molecule has 1 aromatic rings. The van der Waals surface area contributed by atoms with Crippen LogP contribution in [0, 0.1) is 5.92 Å². The van der Waals surface area contributed by atoms with Gasteiger partial charge < -0.3 is 4.90 Å². The second-order valence-corrected chi connectivity index (χ2v) is 6.00. The van der Waals surface area contributed by atoms with Gasteiger partial charge in [0.05, 0.1) is 17.4 Å². The number of thioether (sulfide) groups is 1. The number of carbonyl (C=O) groups excluding carboxylic acids is 2. The first-order chi connectivity index (χ1) is 9.77. The predicted molar refractivity (Wildman–Crippen MR) is 72.8 cm³/mol. The molecule has 1 amide bonds.